The lowest BCUT2D eigenvalue weighted by Gasteiger charge is -2.20. The first-order valence-electron chi connectivity index (χ1n) is 9.31. The molecule has 1 aromatic rings. The number of aryl methyl sites for hydroxylation is 1. The van der Waals surface area contributed by atoms with Crippen molar-refractivity contribution < 1.29 is 14.3 Å². The summed E-state index contributed by atoms with van der Waals surface area (Å²) in [4.78, 5) is 11.6. The summed E-state index contributed by atoms with van der Waals surface area (Å²) >= 11 is 6.25. The lowest BCUT2D eigenvalue weighted by Crippen LogP contribution is -2.14. The van der Waals surface area contributed by atoms with Crippen molar-refractivity contribution in [3.05, 3.63) is 81.4 Å². The van der Waals surface area contributed by atoms with E-state index in [2.05, 4.69) is 11.2 Å². The Balaban J connectivity index is 2.17. The number of esters is 1. The molecule has 6 nitrogen and oxygen atoms in total. The van der Waals surface area contributed by atoms with Gasteiger partial charge in [0.1, 0.15) is 12.9 Å². The Kier molecular flexibility index (Phi) is 8.45. The van der Waals surface area contributed by atoms with Gasteiger partial charge in [0.25, 0.3) is 0 Å². The lowest BCUT2D eigenvalue weighted by atomic mass is 10.1. The molecule has 0 saturated heterocycles. The van der Waals surface area contributed by atoms with E-state index in [9.17, 15) is 4.79 Å². The van der Waals surface area contributed by atoms with E-state index < -0.39 is 0 Å². The molecular formula is C23H24ClN3O3. The summed E-state index contributed by atoms with van der Waals surface area (Å²) in [6.07, 6.45) is 8.98. The third kappa shape index (κ3) is 6.10. The number of hydrazone groups is 1. The largest absolute Gasteiger partial charge is 0.495 e. The molecule has 0 aliphatic heterocycles. The molecule has 0 atom stereocenters. The monoisotopic (exact) mass is 425 g/mol. The van der Waals surface area contributed by atoms with Crippen molar-refractivity contribution in [1.82, 2.24) is 5.01 Å². The van der Waals surface area contributed by atoms with Gasteiger partial charge in [-0.05, 0) is 62.3 Å². The zero-order valence-electron chi connectivity index (χ0n) is 17.5. The third-order valence-electron chi connectivity index (χ3n) is 4.33. The van der Waals surface area contributed by atoms with E-state index in [1.807, 2.05) is 26.8 Å². The number of nitrogens with zero attached hydrogens (tertiary/aromatic N) is 3. The summed E-state index contributed by atoms with van der Waals surface area (Å²) in [5, 5.41) is 15.8. The minimum atomic E-state index is -0.369. The summed E-state index contributed by atoms with van der Waals surface area (Å²) in [5.41, 5.74) is 4.42. The highest BCUT2D eigenvalue weighted by Crippen LogP contribution is 2.25. The van der Waals surface area contributed by atoms with Gasteiger partial charge in [-0.15, -0.1) is 0 Å². The summed E-state index contributed by atoms with van der Waals surface area (Å²) in [5.74, 6) is -0.369. The van der Waals surface area contributed by atoms with Gasteiger partial charge in [-0.3, -0.25) is 0 Å². The molecule has 0 N–H and O–H groups in total. The minimum absolute atomic E-state index is 0.336. The molecule has 0 radical (unpaired) electrons. The van der Waals surface area contributed by atoms with Crippen LogP contribution in [0.5, 0.6) is 0 Å². The van der Waals surface area contributed by atoms with Gasteiger partial charge in [0.05, 0.1) is 30.1 Å². The van der Waals surface area contributed by atoms with Crippen LogP contribution in [0, 0.1) is 18.3 Å². The molecule has 156 valence electrons. The SMILES string of the molecule is C/C=N/N(C1=CC=C(C#N)CC(Cl)=C1)/C(C)=C/OCc1ccc(C(=O)OC)cc1C. The Bertz CT molecular complexity index is 997. The number of methoxy groups -OCH3 is 1. The van der Waals surface area contributed by atoms with Gasteiger partial charge in [0.2, 0.25) is 0 Å². The molecule has 0 unspecified atom stereocenters. The van der Waals surface area contributed by atoms with Gasteiger partial charge >= 0.3 is 5.97 Å². The fraction of sp³-hybridized carbons (Fsp3) is 0.261. The highest BCUT2D eigenvalue weighted by Gasteiger charge is 2.13. The van der Waals surface area contributed by atoms with E-state index in [-0.39, 0.29) is 5.97 Å². The zero-order chi connectivity index (χ0) is 22.1. The quantitative estimate of drug-likeness (QED) is 0.255. The Labute approximate surface area is 182 Å². The van der Waals surface area contributed by atoms with Crippen LogP contribution in [0.4, 0.5) is 0 Å². The van der Waals surface area contributed by atoms with Gasteiger partial charge in [-0.2, -0.15) is 10.4 Å². The van der Waals surface area contributed by atoms with E-state index in [1.165, 1.54) is 7.11 Å². The maximum Gasteiger partial charge on any atom is 0.337 e. The van der Waals surface area contributed by atoms with Crippen LogP contribution in [0.15, 0.2) is 69.8 Å². The molecule has 1 aliphatic carbocycles. The molecule has 0 aromatic heterocycles. The Morgan fingerprint density at radius 1 is 1.40 bits per heavy atom. The van der Waals surface area contributed by atoms with Gasteiger partial charge < -0.3 is 9.47 Å². The van der Waals surface area contributed by atoms with Crippen LogP contribution in [0.3, 0.4) is 0 Å². The number of rotatable bonds is 7. The first-order chi connectivity index (χ1) is 14.4. The van der Waals surface area contributed by atoms with Crippen LogP contribution < -0.4 is 0 Å². The predicted octanol–water partition coefficient (Wildman–Crippen LogP) is 5.33. The fourth-order valence-corrected chi connectivity index (χ4v) is 3.03. The van der Waals surface area contributed by atoms with Crippen LogP contribution in [0.1, 0.15) is 41.8 Å². The van der Waals surface area contributed by atoms with E-state index in [0.29, 0.717) is 29.2 Å². The molecule has 0 heterocycles. The number of ether oxygens (including phenoxy) is 2. The second-order valence-electron chi connectivity index (χ2n) is 6.55. The second-order valence-corrected chi connectivity index (χ2v) is 7.04. The Hall–Kier alpha value is -3.30. The van der Waals surface area contributed by atoms with Crippen molar-refractivity contribution in [1.29, 1.82) is 5.26 Å². The number of benzene rings is 1. The molecule has 0 fully saturated rings. The minimum Gasteiger partial charge on any atom is -0.495 e. The van der Waals surface area contributed by atoms with Crippen molar-refractivity contribution in [2.24, 2.45) is 5.10 Å². The van der Waals surface area contributed by atoms with Crippen LogP contribution in [-0.4, -0.2) is 24.3 Å². The van der Waals surface area contributed by atoms with Crippen LogP contribution in [-0.2, 0) is 16.1 Å². The summed E-state index contributed by atoms with van der Waals surface area (Å²) in [7, 11) is 1.36. The van der Waals surface area contributed by atoms with Crippen molar-refractivity contribution in [3.63, 3.8) is 0 Å². The standard InChI is InChI=1S/C23H24ClN3O3/c1-5-26-27(22-9-6-18(13-25)11-21(24)12-22)17(3)14-30-15-20-8-7-19(10-16(20)2)23(28)29-4/h5-10,12,14H,11,15H2,1-4H3/b17-14+,26-5+. The summed E-state index contributed by atoms with van der Waals surface area (Å²) in [6, 6.07) is 7.47. The molecule has 0 saturated carbocycles. The van der Waals surface area contributed by atoms with Crippen molar-refractivity contribution >= 4 is 23.8 Å². The molecule has 1 aliphatic rings. The highest BCUT2D eigenvalue weighted by atomic mass is 35.5. The number of nitriles is 1. The van der Waals surface area contributed by atoms with Gasteiger partial charge in [-0.25, -0.2) is 9.80 Å². The molecule has 0 bridgehead atoms. The maximum atomic E-state index is 11.6. The van der Waals surface area contributed by atoms with Crippen LogP contribution in [0.25, 0.3) is 0 Å². The molecular weight excluding hydrogens is 402 g/mol. The van der Waals surface area contributed by atoms with Crippen molar-refractivity contribution in [2.45, 2.75) is 33.8 Å². The zero-order valence-corrected chi connectivity index (χ0v) is 18.2. The normalized spacial score (nSPS) is 14.3. The van der Waals surface area contributed by atoms with Crippen LogP contribution in [0.2, 0.25) is 0 Å². The van der Waals surface area contributed by atoms with Gasteiger partial charge in [0.15, 0.2) is 0 Å². The number of hydrogen-bond acceptors (Lipinski definition) is 6. The topological polar surface area (TPSA) is 74.9 Å². The van der Waals surface area contributed by atoms with E-state index in [4.69, 9.17) is 26.3 Å². The smallest absolute Gasteiger partial charge is 0.337 e. The number of hydrogen-bond donors (Lipinski definition) is 0. The Morgan fingerprint density at radius 3 is 2.80 bits per heavy atom. The highest BCUT2D eigenvalue weighted by molar-refractivity contribution is 6.30. The average Bonchev–Trinajstić information content (AvgIpc) is 2.93. The number of carbonyl (C=O) groups is 1. The number of allylic oxidation sites excluding steroid dienone is 6. The summed E-state index contributed by atoms with van der Waals surface area (Å²) in [6.45, 7) is 5.93. The number of carbonyl (C=O) groups excluding carboxylic acids is 1. The molecule has 30 heavy (non-hydrogen) atoms. The second kappa shape index (κ2) is 11.0. The van der Waals surface area contributed by atoms with Gasteiger partial charge in [-0.1, -0.05) is 17.7 Å². The first-order valence-corrected chi connectivity index (χ1v) is 9.69. The maximum absolute atomic E-state index is 11.6. The predicted molar refractivity (Wildman–Crippen MR) is 117 cm³/mol. The third-order valence-corrected chi connectivity index (χ3v) is 4.57. The average molecular weight is 426 g/mol. The van der Waals surface area contributed by atoms with E-state index >= 15 is 0 Å². The molecule has 7 heteroatoms. The lowest BCUT2D eigenvalue weighted by molar-refractivity contribution is 0.0600. The van der Waals surface area contributed by atoms with Crippen LogP contribution >= 0.6 is 11.6 Å². The summed E-state index contributed by atoms with van der Waals surface area (Å²) < 4.78 is 10.5. The number of halogens is 1. The van der Waals surface area contributed by atoms with E-state index in [1.54, 1.807) is 47.8 Å². The van der Waals surface area contributed by atoms with E-state index in [0.717, 1.165) is 22.5 Å². The first kappa shape index (κ1) is 23.0. The fourth-order valence-electron chi connectivity index (χ4n) is 2.78. The molecule has 0 amide bonds. The van der Waals surface area contributed by atoms with Crippen molar-refractivity contribution in [2.75, 3.05) is 7.11 Å². The molecule has 0 spiro atoms. The van der Waals surface area contributed by atoms with Crippen molar-refractivity contribution in [3.8, 4) is 6.07 Å². The Morgan fingerprint density at radius 2 is 2.17 bits per heavy atom. The molecule has 1 aromatic carbocycles. The molecule has 2 rings (SSSR count). The van der Waals surface area contributed by atoms with Gasteiger partial charge in [0, 0.05) is 23.2 Å².